The maximum Gasteiger partial charge on any atom is 0.207 e. The van der Waals surface area contributed by atoms with E-state index in [0.717, 1.165) is 24.8 Å². The largest absolute Gasteiger partial charge is 0.508 e. The lowest BCUT2D eigenvalue weighted by molar-refractivity contribution is 0.473. The molecule has 2 aromatic rings. The molecule has 2 aromatic carbocycles. The fourth-order valence-electron chi connectivity index (χ4n) is 3.18. The van der Waals surface area contributed by atoms with Crippen molar-refractivity contribution in [2.24, 2.45) is 0 Å². The van der Waals surface area contributed by atoms with Crippen molar-refractivity contribution in [1.82, 2.24) is 0 Å². The first kappa shape index (κ1) is 14.1. The summed E-state index contributed by atoms with van der Waals surface area (Å²) in [5.41, 5.74) is 3.55. The van der Waals surface area contributed by atoms with Gasteiger partial charge in [0.15, 0.2) is 0 Å². The minimum atomic E-state index is -3.55. The summed E-state index contributed by atoms with van der Waals surface area (Å²) >= 11 is 0. The van der Waals surface area contributed by atoms with Crippen LogP contribution in [0.25, 0.3) is 0 Å². The maximum atomic E-state index is 12.9. The predicted octanol–water partition coefficient (Wildman–Crippen LogP) is 3.33. The van der Waals surface area contributed by atoms with E-state index in [-0.39, 0.29) is 5.75 Å². The van der Waals surface area contributed by atoms with Crippen LogP contribution < -0.4 is 0 Å². The van der Waals surface area contributed by atoms with E-state index < -0.39 is 9.84 Å². The molecule has 1 aliphatic rings. The molecule has 0 saturated heterocycles. The maximum absolute atomic E-state index is 12.9. The number of aromatic hydroxyl groups is 1. The van der Waals surface area contributed by atoms with Crippen molar-refractivity contribution in [3.63, 3.8) is 0 Å². The number of fused-ring (bicyclic) bond motifs is 1. The zero-order chi connectivity index (χ0) is 15.2. The first-order valence-electron chi connectivity index (χ1n) is 7.07. The molecule has 4 heteroatoms. The Morgan fingerprint density at radius 1 is 0.952 bits per heavy atom. The lowest BCUT2D eigenvalue weighted by Crippen LogP contribution is -2.07. The molecule has 0 saturated carbocycles. The zero-order valence-corrected chi connectivity index (χ0v) is 13.0. The molecule has 3 rings (SSSR count). The number of hydrogen-bond donors (Lipinski definition) is 1. The minimum absolute atomic E-state index is 0.0953. The van der Waals surface area contributed by atoms with Crippen LogP contribution >= 0.6 is 0 Å². The van der Waals surface area contributed by atoms with E-state index in [4.69, 9.17) is 0 Å². The summed E-state index contributed by atoms with van der Waals surface area (Å²) in [5.74, 6) is 0.0953. The molecule has 110 valence electrons. The number of phenolic OH excluding ortho intramolecular Hbond substituents is 1. The third kappa shape index (κ3) is 2.33. The van der Waals surface area contributed by atoms with E-state index in [9.17, 15) is 13.5 Å². The fraction of sp³-hybridized carbons (Fsp3) is 0.294. The van der Waals surface area contributed by atoms with Crippen LogP contribution in [0.3, 0.4) is 0 Å². The monoisotopic (exact) mass is 302 g/mol. The summed E-state index contributed by atoms with van der Waals surface area (Å²) in [6.45, 7) is 3.43. The van der Waals surface area contributed by atoms with Crippen molar-refractivity contribution in [3.8, 4) is 5.75 Å². The lowest BCUT2D eigenvalue weighted by Gasteiger charge is -2.12. The van der Waals surface area contributed by atoms with E-state index in [0.29, 0.717) is 20.9 Å². The van der Waals surface area contributed by atoms with Crippen LogP contribution in [-0.2, 0) is 22.7 Å². The van der Waals surface area contributed by atoms with Crippen molar-refractivity contribution >= 4 is 9.84 Å². The van der Waals surface area contributed by atoms with Gasteiger partial charge in [0.25, 0.3) is 0 Å². The van der Waals surface area contributed by atoms with Crippen molar-refractivity contribution in [3.05, 3.63) is 52.6 Å². The Morgan fingerprint density at radius 3 is 2.24 bits per heavy atom. The normalized spacial score (nSPS) is 14.2. The zero-order valence-electron chi connectivity index (χ0n) is 12.2. The van der Waals surface area contributed by atoms with Gasteiger partial charge in [-0.1, -0.05) is 6.07 Å². The summed E-state index contributed by atoms with van der Waals surface area (Å²) in [6.07, 6.45) is 3.08. The number of sulfone groups is 1. The van der Waals surface area contributed by atoms with Gasteiger partial charge in [-0.05, 0) is 79.6 Å². The van der Waals surface area contributed by atoms with Crippen LogP contribution in [0.15, 0.2) is 40.1 Å². The second-order valence-electron chi connectivity index (χ2n) is 5.70. The van der Waals surface area contributed by atoms with Crippen LogP contribution in [0.5, 0.6) is 5.75 Å². The first-order valence-corrected chi connectivity index (χ1v) is 8.55. The third-order valence-corrected chi connectivity index (χ3v) is 6.15. The Hall–Kier alpha value is -1.81. The molecule has 0 spiro atoms. The molecule has 1 aliphatic carbocycles. The Kier molecular flexibility index (Phi) is 3.29. The van der Waals surface area contributed by atoms with Gasteiger partial charge in [-0.25, -0.2) is 8.42 Å². The number of hydrogen-bond acceptors (Lipinski definition) is 3. The van der Waals surface area contributed by atoms with E-state index in [1.165, 1.54) is 17.7 Å². The van der Waals surface area contributed by atoms with Crippen LogP contribution in [-0.4, -0.2) is 13.5 Å². The molecule has 0 heterocycles. The van der Waals surface area contributed by atoms with Crippen molar-refractivity contribution in [2.75, 3.05) is 0 Å². The Morgan fingerprint density at radius 2 is 1.57 bits per heavy atom. The molecular weight excluding hydrogens is 284 g/mol. The SMILES string of the molecule is Cc1cc(O)cc(C)c1S(=O)(=O)c1ccc2c(c1)CCC2. The van der Waals surface area contributed by atoms with Crippen LogP contribution in [0.1, 0.15) is 28.7 Å². The topological polar surface area (TPSA) is 54.4 Å². The molecule has 0 bridgehead atoms. The number of aryl methyl sites for hydroxylation is 4. The van der Waals surface area contributed by atoms with Crippen LogP contribution in [0.2, 0.25) is 0 Å². The average molecular weight is 302 g/mol. The summed E-state index contributed by atoms with van der Waals surface area (Å²) < 4.78 is 25.8. The van der Waals surface area contributed by atoms with Crippen molar-refractivity contribution in [1.29, 1.82) is 0 Å². The van der Waals surface area contributed by atoms with Gasteiger partial charge in [-0.2, -0.15) is 0 Å². The van der Waals surface area contributed by atoms with E-state index in [1.807, 2.05) is 12.1 Å². The summed E-state index contributed by atoms with van der Waals surface area (Å²) in [4.78, 5) is 0.651. The van der Waals surface area contributed by atoms with Gasteiger partial charge in [0.2, 0.25) is 9.84 Å². The third-order valence-electron chi connectivity index (χ3n) is 4.09. The first-order chi connectivity index (χ1) is 9.89. The minimum Gasteiger partial charge on any atom is -0.508 e. The van der Waals surface area contributed by atoms with Crippen LogP contribution in [0, 0.1) is 13.8 Å². The standard InChI is InChI=1S/C17H18O3S/c1-11-8-15(18)9-12(2)17(11)21(19,20)16-7-6-13-4-3-5-14(13)10-16/h6-10,18H,3-5H2,1-2H3. The number of rotatable bonds is 2. The molecule has 3 nitrogen and oxygen atoms in total. The number of benzene rings is 2. The predicted molar refractivity (Wildman–Crippen MR) is 81.5 cm³/mol. The molecule has 0 aromatic heterocycles. The van der Waals surface area contributed by atoms with Gasteiger partial charge >= 0.3 is 0 Å². The highest BCUT2D eigenvalue weighted by atomic mass is 32.2. The smallest absolute Gasteiger partial charge is 0.207 e. The average Bonchev–Trinajstić information content (AvgIpc) is 2.83. The van der Waals surface area contributed by atoms with Crippen molar-refractivity contribution in [2.45, 2.75) is 42.9 Å². The van der Waals surface area contributed by atoms with E-state index in [1.54, 1.807) is 19.9 Å². The molecule has 0 radical (unpaired) electrons. The Balaban J connectivity index is 2.18. The van der Waals surface area contributed by atoms with Gasteiger partial charge in [-0.3, -0.25) is 0 Å². The molecule has 0 unspecified atom stereocenters. The lowest BCUT2D eigenvalue weighted by atomic mass is 10.1. The van der Waals surface area contributed by atoms with Gasteiger partial charge in [0, 0.05) is 0 Å². The quantitative estimate of drug-likeness (QED) is 0.925. The van der Waals surface area contributed by atoms with Gasteiger partial charge in [0.1, 0.15) is 5.75 Å². The summed E-state index contributed by atoms with van der Waals surface area (Å²) in [7, 11) is -3.55. The molecule has 0 atom stereocenters. The molecule has 1 N–H and O–H groups in total. The molecule has 0 aliphatic heterocycles. The highest BCUT2D eigenvalue weighted by molar-refractivity contribution is 7.91. The Bertz CT molecular complexity index is 797. The Labute approximate surface area is 125 Å². The molecule has 0 fully saturated rings. The summed E-state index contributed by atoms with van der Waals surface area (Å²) in [6, 6.07) is 8.43. The fourth-order valence-corrected chi connectivity index (χ4v) is 4.93. The van der Waals surface area contributed by atoms with Gasteiger partial charge < -0.3 is 5.11 Å². The molecular formula is C17H18O3S. The second kappa shape index (κ2) is 4.88. The van der Waals surface area contributed by atoms with E-state index in [2.05, 4.69) is 0 Å². The van der Waals surface area contributed by atoms with E-state index >= 15 is 0 Å². The van der Waals surface area contributed by atoms with Gasteiger partial charge in [0.05, 0.1) is 9.79 Å². The van der Waals surface area contributed by atoms with Gasteiger partial charge in [-0.15, -0.1) is 0 Å². The van der Waals surface area contributed by atoms with Crippen LogP contribution in [0.4, 0.5) is 0 Å². The highest BCUT2D eigenvalue weighted by Gasteiger charge is 2.24. The molecule has 0 amide bonds. The molecule has 21 heavy (non-hydrogen) atoms. The second-order valence-corrected chi connectivity index (χ2v) is 7.58. The van der Waals surface area contributed by atoms with Crippen molar-refractivity contribution < 1.29 is 13.5 Å². The summed E-state index contributed by atoms with van der Waals surface area (Å²) in [5, 5.41) is 9.59. The number of phenols is 1. The highest BCUT2D eigenvalue weighted by Crippen LogP contribution is 2.32.